The van der Waals surface area contributed by atoms with Crippen LogP contribution in [0.15, 0.2) is 0 Å². The molecule has 0 atom stereocenters. The first-order valence-electron chi connectivity index (χ1n) is 1.99. The van der Waals surface area contributed by atoms with Crippen molar-refractivity contribution >= 4 is 97.5 Å². The molecule has 0 fully saturated rings. The molecule has 0 aliphatic carbocycles. The van der Waals surface area contributed by atoms with Gasteiger partial charge in [-0.2, -0.15) is 0 Å². The first kappa shape index (κ1) is 42.7. The van der Waals surface area contributed by atoms with Crippen LogP contribution in [0.25, 0.3) is 0 Å². The molecule has 102 valence electrons. The molecule has 0 saturated heterocycles. The molecule has 0 aliphatic rings. The van der Waals surface area contributed by atoms with Gasteiger partial charge in [0.15, 0.2) is 0 Å². The van der Waals surface area contributed by atoms with Crippen molar-refractivity contribution < 1.29 is 50.6 Å². The smallest absolute Gasteiger partial charge is 0.373 e. The molecule has 12 N–H and O–H groups in total. The quantitative estimate of drug-likeness (QED) is 0.219. The second kappa shape index (κ2) is 13.7. The van der Waals surface area contributed by atoms with E-state index < -0.39 is 19.0 Å². The first-order valence-corrected chi connectivity index (χ1v) is 5.97. The summed E-state index contributed by atoms with van der Waals surface area (Å²) in [4.78, 5) is 32.9. The number of hydrogen-bond acceptors (Lipinski definition) is 2. The normalized spacial score (nSPS) is 9.76. The minimum Gasteiger partial charge on any atom is -0.412 e. The topological polar surface area (TPSA) is 241 Å². The van der Waals surface area contributed by atoms with Crippen molar-refractivity contribution in [1.82, 2.24) is 0 Å². The molecule has 2 radical (unpaired) electrons. The fourth-order valence-corrected chi connectivity index (χ4v) is 1.53. The van der Waals surface area contributed by atoms with Gasteiger partial charge in [0.25, 0.3) is 0 Å². The molecule has 10 nitrogen and oxygen atoms in total. The van der Waals surface area contributed by atoms with Crippen LogP contribution in [0.4, 0.5) is 0 Å². The number of alkyl halides is 2. The molecule has 0 spiro atoms. The van der Waals surface area contributed by atoms with Crippen LogP contribution in [-0.4, -0.2) is 104 Å². The molecule has 0 aliphatic heterocycles. The summed E-state index contributed by atoms with van der Waals surface area (Å²) in [5, 5.41) is 0. The Balaban J connectivity index is -0.0000000333. The molecule has 0 amide bonds. The Morgan fingerprint density at radius 3 is 0.824 bits per heavy atom. The van der Waals surface area contributed by atoms with Crippen LogP contribution in [0.3, 0.4) is 0 Å². The van der Waals surface area contributed by atoms with Gasteiger partial charge in [-0.25, -0.2) is 0 Å². The second-order valence-corrected chi connectivity index (χ2v) is 7.85. The summed E-state index contributed by atoms with van der Waals surface area (Å²) in [6.07, 6.45) is 0. The number of halogens is 2. The van der Waals surface area contributed by atoms with Crippen LogP contribution >= 0.6 is 38.4 Å². The van der Waals surface area contributed by atoms with Crippen LogP contribution in [0.5, 0.6) is 0 Å². The molecule has 17 heavy (non-hydrogen) atoms. The van der Waals surface area contributed by atoms with E-state index in [4.69, 9.17) is 42.8 Å². The minimum absolute atomic E-state index is 0. The third-order valence-electron chi connectivity index (χ3n) is 0.701. The van der Waals surface area contributed by atoms with E-state index in [1.165, 1.54) is 0 Å². The fourth-order valence-electron chi connectivity index (χ4n) is 0.170. The van der Waals surface area contributed by atoms with E-state index in [2.05, 4.69) is 0 Å². The molecule has 0 heterocycles. The van der Waals surface area contributed by atoms with E-state index in [9.17, 15) is 9.13 Å². The van der Waals surface area contributed by atoms with Gasteiger partial charge in [-0.1, -0.05) is 23.2 Å². The van der Waals surface area contributed by atoms with Crippen molar-refractivity contribution in [2.45, 2.75) is 3.82 Å². The van der Waals surface area contributed by atoms with Crippen molar-refractivity contribution in [2.24, 2.45) is 0 Å². The second-order valence-electron chi connectivity index (χ2n) is 1.60. The van der Waals surface area contributed by atoms with E-state index >= 15 is 0 Å². The van der Waals surface area contributed by atoms with Gasteiger partial charge in [0.2, 0.25) is 0 Å². The summed E-state index contributed by atoms with van der Waals surface area (Å²) in [6, 6.07) is 0. The Hall–Kier alpha value is 2.72. The zero-order chi connectivity index (χ0) is 9.50. The van der Waals surface area contributed by atoms with Gasteiger partial charge in [-0.05, 0) is 0 Å². The van der Waals surface area contributed by atoms with Gasteiger partial charge in [0, 0.05) is 59.1 Å². The van der Waals surface area contributed by atoms with Gasteiger partial charge in [0.05, 0.1) is 0 Å². The summed E-state index contributed by atoms with van der Waals surface area (Å²) in [6.45, 7) is 0. The summed E-state index contributed by atoms with van der Waals surface area (Å²) in [7, 11) is -10.4. The number of hydrogen-bond donors (Lipinski definition) is 4. The molecule has 0 bridgehead atoms. The maximum atomic E-state index is 10.2. The third kappa shape index (κ3) is 12.2. The SMILES string of the molecule is O.O.O.O.O=P(O)(O)C(Cl)(Cl)P(=O)(O)O.[Na].[Na]. The Kier molecular flexibility index (Phi) is 34.4. The maximum Gasteiger partial charge on any atom is 0.373 e. The largest absolute Gasteiger partial charge is 0.412 e. The molecule has 0 aromatic carbocycles. The first-order chi connectivity index (χ1) is 4.50. The van der Waals surface area contributed by atoms with Gasteiger partial charge in [-0.15, -0.1) is 0 Å². The molecule has 16 heteroatoms. The average molecular weight is 363 g/mol. The Morgan fingerprint density at radius 1 is 0.706 bits per heavy atom. The third-order valence-corrected chi connectivity index (χ3v) is 6.31. The van der Waals surface area contributed by atoms with E-state index in [0.717, 1.165) is 0 Å². The summed E-state index contributed by atoms with van der Waals surface area (Å²) < 4.78 is 17.1. The Bertz CT molecular complexity index is 223. The van der Waals surface area contributed by atoms with Crippen molar-refractivity contribution in [3.05, 3.63) is 0 Å². The fraction of sp³-hybridized carbons (Fsp3) is 1.00. The minimum atomic E-state index is -5.22. The summed E-state index contributed by atoms with van der Waals surface area (Å²) >= 11 is 9.46. The van der Waals surface area contributed by atoms with Crippen LogP contribution < -0.4 is 0 Å². The molecule has 0 aromatic rings. The van der Waals surface area contributed by atoms with Crippen molar-refractivity contribution in [3.8, 4) is 0 Å². The summed E-state index contributed by atoms with van der Waals surface area (Å²) in [5.41, 5.74) is 0. The Labute approximate surface area is 150 Å². The predicted molar refractivity (Wildman–Crippen MR) is 64.5 cm³/mol. The summed E-state index contributed by atoms with van der Waals surface area (Å²) in [5.74, 6) is 0. The van der Waals surface area contributed by atoms with E-state index in [-0.39, 0.29) is 81.0 Å². The van der Waals surface area contributed by atoms with Crippen molar-refractivity contribution in [2.75, 3.05) is 0 Å². The van der Waals surface area contributed by atoms with Gasteiger partial charge in [-0.3, -0.25) is 9.13 Å². The molecular weight excluding hydrogens is 351 g/mol. The van der Waals surface area contributed by atoms with Crippen LogP contribution in [0.2, 0.25) is 0 Å². The number of rotatable bonds is 2. The van der Waals surface area contributed by atoms with Gasteiger partial charge < -0.3 is 41.5 Å². The average Bonchev–Trinajstić information content (AvgIpc) is 1.58. The zero-order valence-corrected chi connectivity index (χ0v) is 16.1. The molecule has 0 unspecified atom stereocenters. The van der Waals surface area contributed by atoms with E-state index in [0.29, 0.717) is 0 Å². The van der Waals surface area contributed by atoms with Crippen LogP contribution in [0, 0.1) is 0 Å². The van der Waals surface area contributed by atoms with Gasteiger partial charge in [0.1, 0.15) is 0 Å². The zero-order valence-electron chi connectivity index (χ0n) is 8.76. The van der Waals surface area contributed by atoms with Crippen LogP contribution in [0.1, 0.15) is 0 Å². The molecular formula is CH12Cl2Na2O10P2. The van der Waals surface area contributed by atoms with E-state index in [1.807, 2.05) is 0 Å². The van der Waals surface area contributed by atoms with E-state index in [1.54, 1.807) is 0 Å². The maximum absolute atomic E-state index is 10.2. The van der Waals surface area contributed by atoms with Crippen molar-refractivity contribution in [1.29, 1.82) is 0 Å². The molecule has 0 aromatic heterocycles. The Morgan fingerprint density at radius 2 is 0.824 bits per heavy atom. The monoisotopic (exact) mass is 362 g/mol. The predicted octanol–water partition coefficient (Wildman–Crippen LogP) is -3.63. The van der Waals surface area contributed by atoms with Gasteiger partial charge >= 0.3 is 19.0 Å². The van der Waals surface area contributed by atoms with Crippen LogP contribution in [-0.2, 0) is 9.13 Å². The standard InChI is InChI=1S/CH4Cl2O6P2.2Na.4H2O/c2-1(3,10(4,5)6)11(7,8)9;;;;;;/h(H2,4,5,6)(H2,7,8,9);;;4*1H2. The van der Waals surface area contributed by atoms with Crippen molar-refractivity contribution in [3.63, 3.8) is 0 Å². The molecule has 0 rings (SSSR count). The molecule has 0 saturated carbocycles.